The minimum Gasteiger partial charge on any atom is -0.480 e. The van der Waals surface area contributed by atoms with E-state index in [1.165, 1.54) is 19.4 Å². The van der Waals surface area contributed by atoms with Gasteiger partial charge in [0, 0.05) is 0 Å². The molecule has 0 aliphatic carbocycles. The molecule has 0 unspecified atom stereocenters. The SMILES string of the molecule is CC(C)(C(=O)O)C(=O)Nc1nncs1. The molecule has 1 amide bonds. The number of nitrogens with zero attached hydrogens (tertiary/aromatic N) is 2. The third kappa shape index (κ3) is 2.05. The van der Waals surface area contributed by atoms with Gasteiger partial charge in [-0.25, -0.2) is 0 Å². The molecule has 6 nitrogen and oxygen atoms in total. The molecular weight excluding hydrogens is 206 g/mol. The molecule has 1 heterocycles. The van der Waals surface area contributed by atoms with Crippen LogP contribution >= 0.6 is 11.3 Å². The molecule has 0 saturated heterocycles. The standard InChI is InChI=1S/C7H9N3O3S/c1-7(2,5(12)13)4(11)9-6-10-8-3-14-6/h3H,1-2H3,(H,12,13)(H,9,10,11). The topological polar surface area (TPSA) is 92.2 Å². The maximum atomic E-state index is 11.4. The molecule has 1 aromatic rings. The van der Waals surface area contributed by atoms with E-state index in [0.29, 0.717) is 5.13 Å². The van der Waals surface area contributed by atoms with Gasteiger partial charge in [0.05, 0.1) is 0 Å². The highest BCUT2D eigenvalue weighted by molar-refractivity contribution is 7.13. The molecule has 0 spiro atoms. The number of aliphatic carboxylic acids is 1. The minimum absolute atomic E-state index is 0.296. The normalized spacial score (nSPS) is 11.0. The summed E-state index contributed by atoms with van der Waals surface area (Å²) in [6.07, 6.45) is 0. The van der Waals surface area contributed by atoms with E-state index in [0.717, 1.165) is 11.3 Å². The Labute approximate surface area is 84.0 Å². The zero-order valence-corrected chi connectivity index (χ0v) is 8.46. The number of rotatable bonds is 3. The van der Waals surface area contributed by atoms with E-state index in [4.69, 9.17) is 5.11 Å². The number of nitrogens with one attached hydrogen (secondary N) is 1. The molecule has 0 aromatic carbocycles. The van der Waals surface area contributed by atoms with Crippen molar-refractivity contribution < 1.29 is 14.7 Å². The Morgan fingerprint density at radius 2 is 2.21 bits per heavy atom. The zero-order valence-electron chi connectivity index (χ0n) is 7.64. The molecular formula is C7H9N3O3S. The van der Waals surface area contributed by atoms with Gasteiger partial charge in [-0.15, -0.1) is 10.2 Å². The monoisotopic (exact) mass is 215 g/mol. The van der Waals surface area contributed by atoms with Gasteiger partial charge >= 0.3 is 5.97 Å². The van der Waals surface area contributed by atoms with Crippen LogP contribution in [0.25, 0.3) is 0 Å². The van der Waals surface area contributed by atoms with Crippen molar-refractivity contribution in [2.45, 2.75) is 13.8 Å². The maximum absolute atomic E-state index is 11.4. The highest BCUT2D eigenvalue weighted by Gasteiger charge is 2.36. The van der Waals surface area contributed by atoms with Crippen LogP contribution in [0.15, 0.2) is 5.51 Å². The second-order valence-corrected chi connectivity index (χ2v) is 3.96. The molecule has 0 fully saturated rings. The smallest absolute Gasteiger partial charge is 0.318 e. The molecule has 0 aliphatic heterocycles. The fraction of sp³-hybridized carbons (Fsp3) is 0.429. The largest absolute Gasteiger partial charge is 0.480 e. The first-order valence-electron chi connectivity index (χ1n) is 3.75. The first-order valence-corrected chi connectivity index (χ1v) is 4.63. The van der Waals surface area contributed by atoms with Gasteiger partial charge in [-0.2, -0.15) is 0 Å². The van der Waals surface area contributed by atoms with E-state index < -0.39 is 17.3 Å². The lowest BCUT2D eigenvalue weighted by molar-refractivity contribution is -0.151. The molecule has 7 heteroatoms. The fourth-order valence-corrected chi connectivity index (χ4v) is 1.02. The van der Waals surface area contributed by atoms with E-state index in [1.807, 2.05) is 0 Å². The fourth-order valence-electron chi connectivity index (χ4n) is 0.578. The van der Waals surface area contributed by atoms with Crippen LogP contribution in [0.3, 0.4) is 0 Å². The number of carbonyl (C=O) groups is 2. The van der Waals surface area contributed by atoms with E-state index in [1.54, 1.807) is 0 Å². The molecule has 0 aliphatic rings. The first-order chi connectivity index (χ1) is 6.44. The van der Waals surface area contributed by atoms with E-state index >= 15 is 0 Å². The van der Waals surface area contributed by atoms with Crippen molar-refractivity contribution in [2.75, 3.05) is 5.32 Å². The number of hydrogen-bond donors (Lipinski definition) is 2. The second kappa shape index (κ2) is 3.70. The van der Waals surface area contributed by atoms with E-state index in [2.05, 4.69) is 15.5 Å². The molecule has 1 rings (SSSR count). The Morgan fingerprint density at radius 3 is 2.64 bits per heavy atom. The van der Waals surface area contributed by atoms with Gasteiger partial charge < -0.3 is 5.11 Å². The Kier molecular flexibility index (Phi) is 2.80. The van der Waals surface area contributed by atoms with Gasteiger partial charge in [0.2, 0.25) is 11.0 Å². The predicted octanol–water partition coefficient (Wildman–Crippen LogP) is 0.587. The lowest BCUT2D eigenvalue weighted by Gasteiger charge is -2.16. The molecule has 1 aromatic heterocycles. The van der Waals surface area contributed by atoms with Crippen molar-refractivity contribution in [3.63, 3.8) is 0 Å². The summed E-state index contributed by atoms with van der Waals surface area (Å²) in [5.74, 6) is -1.79. The minimum atomic E-state index is -1.47. The van der Waals surface area contributed by atoms with Crippen LogP contribution in [0.4, 0.5) is 5.13 Å². The third-order valence-electron chi connectivity index (χ3n) is 1.68. The Morgan fingerprint density at radius 1 is 1.57 bits per heavy atom. The van der Waals surface area contributed by atoms with Crippen LogP contribution in [-0.2, 0) is 9.59 Å². The van der Waals surface area contributed by atoms with Crippen molar-refractivity contribution >= 4 is 28.3 Å². The van der Waals surface area contributed by atoms with Crippen LogP contribution in [0.1, 0.15) is 13.8 Å². The van der Waals surface area contributed by atoms with Crippen LogP contribution in [-0.4, -0.2) is 27.2 Å². The summed E-state index contributed by atoms with van der Waals surface area (Å²) in [6, 6.07) is 0. The Bertz CT molecular complexity index is 347. The third-order valence-corrected chi connectivity index (χ3v) is 2.29. The van der Waals surface area contributed by atoms with Crippen LogP contribution in [0, 0.1) is 5.41 Å². The lowest BCUT2D eigenvalue weighted by atomic mass is 9.93. The number of amides is 1. The molecule has 0 saturated carbocycles. The number of anilines is 1. The van der Waals surface area contributed by atoms with Gasteiger partial charge in [-0.05, 0) is 13.8 Å². The average molecular weight is 215 g/mol. The Balaban J connectivity index is 2.72. The summed E-state index contributed by atoms with van der Waals surface area (Å²) >= 11 is 1.13. The number of carbonyl (C=O) groups excluding carboxylic acids is 1. The van der Waals surface area contributed by atoms with Gasteiger partial charge in [-0.3, -0.25) is 14.9 Å². The zero-order chi connectivity index (χ0) is 10.8. The van der Waals surface area contributed by atoms with Gasteiger partial charge in [0.1, 0.15) is 10.9 Å². The summed E-state index contributed by atoms with van der Waals surface area (Å²) in [7, 11) is 0. The summed E-state index contributed by atoms with van der Waals surface area (Å²) < 4.78 is 0. The summed E-state index contributed by atoms with van der Waals surface area (Å²) in [5, 5.41) is 18.5. The lowest BCUT2D eigenvalue weighted by Crippen LogP contribution is -2.37. The number of carboxylic acids is 1. The van der Waals surface area contributed by atoms with Crippen molar-refractivity contribution in [3.8, 4) is 0 Å². The van der Waals surface area contributed by atoms with Crippen LogP contribution in [0.2, 0.25) is 0 Å². The summed E-state index contributed by atoms with van der Waals surface area (Å²) in [4.78, 5) is 22.1. The molecule has 2 N–H and O–H groups in total. The van der Waals surface area contributed by atoms with Gasteiger partial charge in [0.25, 0.3) is 0 Å². The maximum Gasteiger partial charge on any atom is 0.318 e. The molecule has 14 heavy (non-hydrogen) atoms. The highest BCUT2D eigenvalue weighted by atomic mass is 32.1. The molecule has 0 atom stereocenters. The van der Waals surface area contributed by atoms with Crippen LogP contribution < -0.4 is 5.32 Å². The second-order valence-electron chi connectivity index (χ2n) is 3.13. The molecule has 0 bridgehead atoms. The first kappa shape index (κ1) is 10.6. The summed E-state index contributed by atoms with van der Waals surface area (Å²) in [5.41, 5.74) is -0.0188. The van der Waals surface area contributed by atoms with E-state index in [9.17, 15) is 9.59 Å². The quantitative estimate of drug-likeness (QED) is 0.720. The van der Waals surface area contributed by atoms with Crippen molar-refractivity contribution in [1.29, 1.82) is 0 Å². The summed E-state index contributed by atoms with van der Waals surface area (Å²) in [6.45, 7) is 2.65. The molecule has 0 radical (unpaired) electrons. The van der Waals surface area contributed by atoms with E-state index in [-0.39, 0.29) is 0 Å². The van der Waals surface area contributed by atoms with Crippen molar-refractivity contribution in [2.24, 2.45) is 5.41 Å². The predicted molar refractivity (Wildman–Crippen MR) is 50.0 cm³/mol. The van der Waals surface area contributed by atoms with Crippen molar-refractivity contribution in [3.05, 3.63) is 5.51 Å². The number of aromatic nitrogens is 2. The Hall–Kier alpha value is -1.50. The van der Waals surface area contributed by atoms with Gasteiger partial charge in [-0.1, -0.05) is 11.3 Å². The molecule has 76 valence electrons. The number of hydrogen-bond acceptors (Lipinski definition) is 5. The highest BCUT2D eigenvalue weighted by Crippen LogP contribution is 2.19. The van der Waals surface area contributed by atoms with Crippen LogP contribution in [0.5, 0.6) is 0 Å². The number of carboxylic acid groups (broad SMARTS) is 1. The average Bonchev–Trinajstić information content (AvgIpc) is 2.56. The van der Waals surface area contributed by atoms with Gasteiger partial charge in [0.15, 0.2) is 0 Å². The van der Waals surface area contributed by atoms with Crippen molar-refractivity contribution in [1.82, 2.24) is 10.2 Å².